The van der Waals surface area contributed by atoms with E-state index in [9.17, 15) is 14.9 Å². The molecule has 3 N–H and O–H groups in total. The first-order valence-electron chi connectivity index (χ1n) is 2.99. The molecule has 0 aromatic carbocycles. The Balaban J connectivity index is 2.76. The molecule has 0 unspecified atom stereocenters. The van der Waals surface area contributed by atoms with Crippen molar-refractivity contribution in [2.75, 3.05) is 0 Å². The summed E-state index contributed by atoms with van der Waals surface area (Å²) in [6, 6.07) is -1.01. The van der Waals surface area contributed by atoms with E-state index in [1.165, 1.54) is 6.08 Å². The van der Waals surface area contributed by atoms with Gasteiger partial charge in [-0.15, -0.1) is 0 Å². The van der Waals surface area contributed by atoms with Crippen LogP contribution in [0.15, 0.2) is 12.2 Å². The molecule has 0 saturated carbocycles. The number of nitrogens with one attached hydrogen (secondary N) is 1. The maximum Gasteiger partial charge on any atom is 0.264 e. The Morgan fingerprint density at radius 1 is 1.73 bits per heavy atom. The zero-order chi connectivity index (χ0) is 8.43. The van der Waals surface area contributed by atoms with Crippen LogP contribution in [0.2, 0.25) is 0 Å². The van der Waals surface area contributed by atoms with Gasteiger partial charge >= 0.3 is 0 Å². The second-order valence-corrected chi connectivity index (χ2v) is 2.17. The second kappa shape index (κ2) is 2.67. The van der Waals surface area contributed by atoms with Gasteiger partial charge in [-0.25, -0.2) is 0 Å². The Morgan fingerprint density at radius 3 is 2.82 bits per heavy atom. The Hall–Kier alpha value is -1.43. The lowest BCUT2D eigenvalue weighted by Crippen LogP contribution is -2.53. The highest BCUT2D eigenvalue weighted by atomic mass is 16.6. The maximum absolute atomic E-state index is 10.5. The molecule has 0 aromatic rings. The van der Waals surface area contributed by atoms with Gasteiger partial charge in [-0.2, -0.15) is 0 Å². The average molecular weight is 157 g/mol. The van der Waals surface area contributed by atoms with Crippen LogP contribution in [0.1, 0.15) is 0 Å². The van der Waals surface area contributed by atoms with Gasteiger partial charge in [0.15, 0.2) is 6.17 Å². The summed E-state index contributed by atoms with van der Waals surface area (Å²) < 4.78 is 0. The third kappa shape index (κ3) is 1.53. The molecule has 60 valence electrons. The van der Waals surface area contributed by atoms with Gasteiger partial charge in [-0.05, 0) is 6.08 Å². The molecule has 1 aliphatic rings. The molecule has 0 fully saturated rings. The minimum Gasteiger partial charge on any atom is -0.331 e. The van der Waals surface area contributed by atoms with Crippen molar-refractivity contribution in [1.29, 1.82) is 0 Å². The van der Waals surface area contributed by atoms with Gasteiger partial charge in [0.2, 0.25) is 5.91 Å². The lowest BCUT2D eigenvalue weighted by atomic mass is 10.1. The molecular formula is C5H7N3O3. The van der Waals surface area contributed by atoms with Crippen molar-refractivity contribution in [3.63, 3.8) is 0 Å². The number of nitro groups is 1. The minimum absolute atomic E-state index is 0.393. The van der Waals surface area contributed by atoms with Gasteiger partial charge in [0.05, 0.1) is 0 Å². The standard InChI is InChI=1S/C5H7N3O3/c6-5-3(8(10)11)1-2-4(9)7-5/h1-3,5H,6H2,(H,7,9)/t3-,5-/m1/s1. The lowest BCUT2D eigenvalue weighted by Gasteiger charge is -2.17. The van der Waals surface area contributed by atoms with Crippen LogP contribution in [0.3, 0.4) is 0 Å². The largest absolute Gasteiger partial charge is 0.331 e. The van der Waals surface area contributed by atoms with Gasteiger partial charge in [0.1, 0.15) is 0 Å². The van der Waals surface area contributed by atoms with Crippen molar-refractivity contribution in [3.05, 3.63) is 22.3 Å². The van der Waals surface area contributed by atoms with Crippen LogP contribution >= 0.6 is 0 Å². The predicted octanol–water partition coefficient (Wildman–Crippen LogP) is -1.40. The topological polar surface area (TPSA) is 98.3 Å². The fourth-order valence-corrected chi connectivity index (χ4v) is 0.805. The molecule has 0 spiro atoms. The molecule has 6 heteroatoms. The summed E-state index contributed by atoms with van der Waals surface area (Å²) in [5, 5.41) is 12.4. The molecule has 6 nitrogen and oxygen atoms in total. The summed E-state index contributed by atoms with van der Waals surface area (Å²) >= 11 is 0. The van der Waals surface area contributed by atoms with E-state index in [2.05, 4.69) is 5.32 Å². The van der Waals surface area contributed by atoms with E-state index in [1.54, 1.807) is 0 Å². The van der Waals surface area contributed by atoms with Crippen LogP contribution in [0, 0.1) is 10.1 Å². The summed E-state index contributed by atoms with van der Waals surface area (Å²) in [6.07, 6.45) is 1.38. The van der Waals surface area contributed by atoms with Gasteiger partial charge < -0.3 is 11.1 Å². The van der Waals surface area contributed by atoms with E-state index in [4.69, 9.17) is 5.73 Å². The summed E-state index contributed by atoms with van der Waals surface area (Å²) in [4.78, 5) is 20.2. The fourth-order valence-electron chi connectivity index (χ4n) is 0.805. The van der Waals surface area contributed by atoms with Crippen molar-refractivity contribution in [1.82, 2.24) is 5.32 Å². The number of carbonyl (C=O) groups excluding carboxylic acids is 1. The number of hydrogen-bond acceptors (Lipinski definition) is 4. The molecule has 1 rings (SSSR count). The van der Waals surface area contributed by atoms with Crippen LogP contribution in [0.25, 0.3) is 0 Å². The molecule has 0 radical (unpaired) electrons. The van der Waals surface area contributed by atoms with E-state index in [1.807, 2.05) is 0 Å². The molecule has 0 bridgehead atoms. The fraction of sp³-hybridized carbons (Fsp3) is 0.400. The van der Waals surface area contributed by atoms with Crippen molar-refractivity contribution in [2.45, 2.75) is 12.2 Å². The maximum atomic E-state index is 10.5. The first kappa shape index (κ1) is 7.67. The number of nitrogens with zero attached hydrogens (tertiary/aromatic N) is 1. The monoisotopic (exact) mass is 157 g/mol. The van der Waals surface area contributed by atoms with Crippen LogP contribution in [0.4, 0.5) is 0 Å². The Bertz CT molecular complexity index is 225. The summed E-state index contributed by atoms with van der Waals surface area (Å²) in [6.45, 7) is 0. The van der Waals surface area contributed by atoms with Crippen LogP contribution in [-0.4, -0.2) is 23.0 Å². The average Bonchev–Trinajstić information content (AvgIpc) is 1.85. The molecule has 2 atom stereocenters. The molecular weight excluding hydrogens is 150 g/mol. The molecule has 0 aromatic heterocycles. The number of carbonyl (C=O) groups is 1. The Morgan fingerprint density at radius 2 is 2.36 bits per heavy atom. The minimum atomic E-state index is -1.01. The predicted molar refractivity (Wildman–Crippen MR) is 36.0 cm³/mol. The van der Waals surface area contributed by atoms with E-state index in [0.29, 0.717) is 0 Å². The highest BCUT2D eigenvalue weighted by Gasteiger charge is 2.29. The van der Waals surface area contributed by atoms with Gasteiger partial charge in [0, 0.05) is 11.0 Å². The van der Waals surface area contributed by atoms with E-state index in [-0.39, 0.29) is 0 Å². The van der Waals surface area contributed by atoms with Crippen molar-refractivity contribution in [2.24, 2.45) is 5.73 Å². The zero-order valence-electron chi connectivity index (χ0n) is 5.56. The SMILES string of the molecule is N[C@@H]1NC(=O)C=C[C@H]1[N+](=O)[O-]. The summed E-state index contributed by atoms with van der Waals surface area (Å²) in [5.74, 6) is -0.393. The number of amides is 1. The zero-order valence-corrected chi connectivity index (χ0v) is 5.56. The van der Waals surface area contributed by atoms with Gasteiger partial charge in [0.25, 0.3) is 6.04 Å². The first-order chi connectivity index (χ1) is 5.11. The Kier molecular flexibility index (Phi) is 1.86. The van der Waals surface area contributed by atoms with E-state index < -0.39 is 23.0 Å². The number of rotatable bonds is 1. The smallest absolute Gasteiger partial charge is 0.264 e. The number of nitrogens with two attached hydrogens (primary N) is 1. The normalized spacial score (nSPS) is 29.7. The quantitative estimate of drug-likeness (QED) is 0.361. The molecule has 1 amide bonds. The van der Waals surface area contributed by atoms with E-state index in [0.717, 1.165) is 6.08 Å². The molecule has 0 saturated heterocycles. The van der Waals surface area contributed by atoms with Gasteiger partial charge in [-0.1, -0.05) is 0 Å². The van der Waals surface area contributed by atoms with Crippen molar-refractivity contribution in [3.8, 4) is 0 Å². The van der Waals surface area contributed by atoms with Crippen molar-refractivity contribution >= 4 is 5.91 Å². The molecule has 1 heterocycles. The number of hydrogen-bond donors (Lipinski definition) is 2. The second-order valence-electron chi connectivity index (χ2n) is 2.17. The summed E-state index contributed by atoms with van der Waals surface area (Å²) in [5.41, 5.74) is 5.25. The van der Waals surface area contributed by atoms with Crippen LogP contribution in [0.5, 0.6) is 0 Å². The highest BCUT2D eigenvalue weighted by molar-refractivity contribution is 5.88. The summed E-state index contributed by atoms with van der Waals surface area (Å²) in [7, 11) is 0. The molecule has 1 aliphatic heterocycles. The van der Waals surface area contributed by atoms with Crippen LogP contribution in [-0.2, 0) is 4.79 Å². The third-order valence-corrected chi connectivity index (χ3v) is 1.37. The van der Waals surface area contributed by atoms with Crippen molar-refractivity contribution < 1.29 is 9.72 Å². The molecule has 0 aliphatic carbocycles. The molecule has 11 heavy (non-hydrogen) atoms. The van der Waals surface area contributed by atoms with E-state index >= 15 is 0 Å². The highest BCUT2D eigenvalue weighted by Crippen LogP contribution is 2.00. The van der Waals surface area contributed by atoms with Crippen LogP contribution < -0.4 is 11.1 Å². The lowest BCUT2D eigenvalue weighted by molar-refractivity contribution is -0.513. The first-order valence-corrected chi connectivity index (χ1v) is 2.99. The van der Waals surface area contributed by atoms with Gasteiger partial charge in [-0.3, -0.25) is 14.9 Å². The third-order valence-electron chi connectivity index (χ3n) is 1.37. The Labute approximate surface area is 62.2 Å².